The number of aromatic nitrogens is 4. The van der Waals surface area contributed by atoms with E-state index in [4.69, 9.17) is 11.6 Å². The van der Waals surface area contributed by atoms with Gasteiger partial charge in [0.25, 0.3) is 0 Å². The molecular formula is C22H29ClN7P. The Kier molecular flexibility index (Phi) is 6.75. The summed E-state index contributed by atoms with van der Waals surface area (Å²) in [6, 6.07) is 8.70. The molecule has 1 saturated heterocycles. The second-order valence-electron chi connectivity index (χ2n) is 8.17. The van der Waals surface area contributed by atoms with Crippen molar-refractivity contribution in [3.63, 3.8) is 0 Å². The largest absolute Gasteiger partial charge is 0.338 e. The van der Waals surface area contributed by atoms with Crippen LogP contribution in [0.2, 0.25) is 5.02 Å². The maximum Gasteiger partial charge on any atom is 0.229 e. The molecule has 0 radical (unpaired) electrons. The summed E-state index contributed by atoms with van der Waals surface area (Å²) in [5, 5.41) is 13.1. The van der Waals surface area contributed by atoms with Crippen LogP contribution in [0.25, 0.3) is 0 Å². The molecular weight excluding hydrogens is 429 g/mol. The van der Waals surface area contributed by atoms with Gasteiger partial charge in [0.05, 0.1) is 29.8 Å². The zero-order valence-corrected chi connectivity index (χ0v) is 20.1. The molecule has 1 aliphatic heterocycles. The molecule has 0 atom stereocenters. The molecule has 1 aliphatic rings. The van der Waals surface area contributed by atoms with Crippen LogP contribution in [0.15, 0.2) is 36.7 Å². The smallest absolute Gasteiger partial charge is 0.229 e. The Morgan fingerprint density at radius 1 is 1.06 bits per heavy atom. The van der Waals surface area contributed by atoms with E-state index in [1.54, 1.807) is 6.20 Å². The van der Waals surface area contributed by atoms with E-state index >= 15 is 0 Å². The van der Waals surface area contributed by atoms with Gasteiger partial charge in [0.2, 0.25) is 5.95 Å². The summed E-state index contributed by atoms with van der Waals surface area (Å²) < 4.78 is 2.13. The molecule has 7 nitrogen and oxygen atoms in total. The third-order valence-corrected chi connectivity index (χ3v) is 7.34. The molecule has 3 heterocycles. The van der Waals surface area contributed by atoms with Gasteiger partial charge in [-0.05, 0) is 64.6 Å². The third-order valence-electron chi connectivity index (χ3n) is 5.71. The van der Waals surface area contributed by atoms with Crippen molar-refractivity contribution in [2.45, 2.75) is 25.8 Å². The van der Waals surface area contributed by atoms with E-state index in [0.717, 1.165) is 43.0 Å². The Morgan fingerprint density at radius 3 is 2.55 bits per heavy atom. The topological polar surface area (TPSA) is 70.9 Å². The van der Waals surface area contributed by atoms with Crippen molar-refractivity contribution >= 4 is 48.0 Å². The molecule has 2 aromatic heterocycles. The summed E-state index contributed by atoms with van der Waals surface area (Å²) in [4.78, 5) is 11.4. The van der Waals surface area contributed by atoms with Gasteiger partial charge in [0, 0.05) is 5.69 Å². The van der Waals surface area contributed by atoms with Crippen LogP contribution in [0.5, 0.6) is 0 Å². The van der Waals surface area contributed by atoms with Crippen LogP contribution in [0.3, 0.4) is 0 Å². The van der Waals surface area contributed by atoms with E-state index in [1.807, 2.05) is 12.3 Å². The van der Waals surface area contributed by atoms with Crippen LogP contribution in [0, 0.1) is 6.92 Å². The third kappa shape index (κ3) is 5.00. The van der Waals surface area contributed by atoms with Gasteiger partial charge in [0.1, 0.15) is 5.02 Å². The zero-order chi connectivity index (χ0) is 22.0. The fourth-order valence-electron chi connectivity index (χ4n) is 3.89. The monoisotopic (exact) mass is 457 g/mol. The van der Waals surface area contributed by atoms with Crippen molar-refractivity contribution in [1.82, 2.24) is 24.6 Å². The van der Waals surface area contributed by atoms with Gasteiger partial charge in [-0.15, -0.1) is 0 Å². The van der Waals surface area contributed by atoms with Crippen molar-refractivity contribution < 1.29 is 0 Å². The van der Waals surface area contributed by atoms with Crippen LogP contribution >= 0.6 is 19.5 Å². The predicted octanol–water partition coefficient (Wildman–Crippen LogP) is 4.76. The highest BCUT2D eigenvalue weighted by atomic mass is 35.5. The first kappa shape index (κ1) is 22.0. The molecule has 9 heteroatoms. The number of para-hydroxylation sites is 1. The van der Waals surface area contributed by atoms with Crippen LogP contribution in [0.1, 0.15) is 24.6 Å². The van der Waals surface area contributed by atoms with Crippen molar-refractivity contribution in [1.29, 1.82) is 0 Å². The maximum atomic E-state index is 6.40. The minimum absolute atomic E-state index is 0.259. The van der Waals surface area contributed by atoms with Gasteiger partial charge in [0.15, 0.2) is 5.82 Å². The molecule has 3 aromatic rings. The lowest BCUT2D eigenvalue weighted by Gasteiger charge is -2.29. The lowest BCUT2D eigenvalue weighted by molar-refractivity contribution is 0.210. The van der Waals surface area contributed by atoms with Crippen molar-refractivity contribution in [2.24, 2.45) is 0 Å². The minimum atomic E-state index is -0.259. The second-order valence-corrected chi connectivity index (χ2v) is 10.9. The minimum Gasteiger partial charge on any atom is -0.338 e. The van der Waals surface area contributed by atoms with E-state index in [1.165, 1.54) is 5.30 Å². The number of rotatable bonds is 6. The number of benzene rings is 1. The zero-order valence-electron chi connectivity index (χ0n) is 18.4. The molecule has 1 fully saturated rings. The number of nitrogens with zero attached hydrogens (tertiary/aromatic N) is 5. The lowest BCUT2D eigenvalue weighted by atomic mass is 10.1. The number of likely N-dealkylation sites (tertiary alicyclic amines) is 1. The molecule has 0 saturated carbocycles. The molecule has 0 spiro atoms. The van der Waals surface area contributed by atoms with Gasteiger partial charge < -0.3 is 15.5 Å². The summed E-state index contributed by atoms with van der Waals surface area (Å²) >= 11 is 6.40. The van der Waals surface area contributed by atoms with Crippen molar-refractivity contribution in [3.05, 3.63) is 47.4 Å². The van der Waals surface area contributed by atoms with Gasteiger partial charge in [-0.2, -0.15) is 10.1 Å². The van der Waals surface area contributed by atoms with Crippen molar-refractivity contribution in [2.75, 3.05) is 44.1 Å². The van der Waals surface area contributed by atoms with Gasteiger partial charge in [-0.25, -0.2) is 4.98 Å². The fraction of sp³-hybridized carbons (Fsp3) is 0.409. The Balaban J connectivity index is 1.53. The van der Waals surface area contributed by atoms with E-state index in [9.17, 15) is 0 Å². The van der Waals surface area contributed by atoms with Crippen LogP contribution in [-0.4, -0.2) is 58.1 Å². The Morgan fingerprint density at radius 2 is 1.81 bits per heavy atom. The summed E-state index contributed by atoms with van der Waals surface area (Å²) in [6.45, 7) is 8.75. The van der Waals surface area contributed by atoms with Gasteiger partial charge in [-0.1, -0.05) is 37.7 Å². The Hall–Kier alpha value is -2.21. The van der Waals surface area contributed by atoms with E-state index in [2.05, 4.69) is 80.8 Å². The number of halogens is 1. The van der Waals surface area contributed by atoms with E-state index < -0.39 is 0 Å². The van der Waals surface area contributed by atoms with Crippen LogP contribution < -0.4 is 15.9 Å². The normalized spacial score (nSPS) is 15.4. The van der Waals surface area contributed by atoms with Gasteiger partial charge >= 0.3 is 0 Å². The number of hydrogen-bond donors (Lipinski definition) is 2. The Labute approximate surface area is 190 Å². The Bertz CT molecular complexity index is 1040. The molecule has 4 rings (SSSR count). The molecule has 0 aliphatic carbocycles. The second kappa shape index (κ2) is 9.51. The number of piperidine rings is 1. The lowest BCUT2D eigenvalue weighted by Crippen LogP contribution is -2.32. The number of hydrogen-bond acceptors (Lipinski definition) is 6. The van der Waals surface area contributed by atoms with Crippen molar-refractivity contribution in [3.8, 4) is 0 Å². The summed E-state index contributed by atoms with van der Waals surface area (Å²) in [7, 11) is 1.91. The molecule has 31 heavy (non-hydrogen) atoms. The summed E-state index contributed by atoms with van der Waals surface area (Å²) in [6.07, 6.45) is 5.70. The maximum absolute atomic E-state index is 6.40. The van der Waals surface area contributed by atoms with Crippen LogP contribution in [-0.2, 0) is 0 Å². The van der Waals surface area contributed by atoms with Gasteiger partial charge in [-0.3, -0.25) is 4.68 Å². The quantitative estimate of drug-likeness (QED) is 0.520. The van der Waals surface area contributed by atoms with E-state index in [0.29, 0.717) is 22.8 Å². The molecule has 1 aromatic carbocycles. The average Bonchev–Trinajstić information content (AvgIpc) is 3.11. The first-order valence-electron chi connectivity index (χ1n) is 10.5. The van der Waals surface area contributed by atoms with Crippen LogP contribution in [0.4, 0.5) is 23.1 Å². The number of nitrogens with one attached hydrogen (secondary N) is 2. The predicted molar refractivity (Wildman–Crippen MR) is 131 cm³/mol. The molecule has 0 amide bonds. The first-order chi connectivity index (χ1) is 14.9. The highest BCUT2D eigenvalue weighted by Gasteiger charge is 2.21. The SMILES string of the molecule is Cc1c(Nc2ncc(Cl)c(Nc3ccccc3P(C)C)n2)cnn1C1CCN(C)CC1. The molecule has 2 N–H and O–H groups in total. The molecule has 0 unspecified atom stereocenters. The molecule has 164 valence electrons. The summed E-state index contributed by atoms with van der Waals surface area (Å²) in [5.41, 5.74) is 3.03. The fourth-order valence-corrected chi connectivity index (χ4v) is 5.02. The standard InChI is InChI=1S/C22H29ClN7P/c1-15-19(14-25-30(15)16-9-11-29(2)12-10-16)27-22-24-13-17(23)21(28-22)26-18-7-5-6-8-20(18)31(3)4/h5-8,13-14,16H,9-12H2,1-4H3,(H2,24,26,27,28). The van der Waals surface area contributed by atoms with E-state index in [-0.39, 0.29) is 7.92 Å². The highest BCUT2D eigenvalue weighted by Crippen LogP contribution is 2.32. The summed E-state index contributed by atoms with van der Waals surface area (Å²) in [5.74, 6) is 1.08. The number of anilines is 4. The highest BCUT2D eigenvalue weighted by molar-refractivity contribution is 7.64. The average molecular weight is 458 g/mol. The first-order valence-corrected chi connectivity index (χ1v) is 13.1. The molecule has 0 bridgehead atoms.